The molecule has 5 heteroatoms. The van der Waals surface area contributed by atoms with Gasteiger partial charge in [-0.05, 0) is 29.9 Å². The second-order valence-electron chi connectivity index (χ2n) is 2.93. The van der Waals surface area contributed by atoms with Gasteiger partial charge in [0.05, 0.1) is 6.42 Å². The zero-order valence-electron chi connectivity index (χ0n) is 8.21. The smallest absolute Gasteiger partial charge is 0.230 e. The van der Waals surface area contributed by atoms with E-state index in [9.17, 15) is 4.79 Å². The molecule has 1 amide bonds. The van der Waals surface area contributed by atoms with Crippen LogP contribution in [0.25, 0.3) is 0 Å². The van der Waals surface area contributed by atoms with Gasteiger partial charge in [-0.3, -0.25) is 4.79 Å². The summed E-state index contributed by atoms with van der Waals surface area (Å²) in [6, 6.07) is 7.17. The average molecular weight is 243 g/mol. The van der Waals surface area contributed by atoms with Crippen LogP contribution in [0.15, 0.2) is 24.3 Å². The summed E-state index contributed by atoms with van der Waals surface area (Å²) >= 11 is 10.6. The highest BCUT2D eigenvalue weighted by Gasteiger charge is 2.04. The maximum atomic E-state index is 11.4. The molecule has 0 saturated heterocycles. The van der Waals surface area contributed by atoms with Gasteiger partial charge in [-0.2, -0.15) is 0 Å². The monoisotopic (exact) mass is 242 g/mol. The zero-order chi connectivity index (χ0) is 11.3. The van der Waals surface area contributed by atoms with Gasteiger partial charge in [0.15, 0.2) is 5.11 Å². The number of rotatable bonds is 2. The summed E-state index contributed by atoms with van der Waals surface area (Å²) in [6.07, 6.45) is 0.266. The standard InChI is InChI=1S/C10H11ClN2OS/c1-12-10(15)13-9(14)6-7-3-2-4-8(11)5-7/h2-5H,6H2,1H3,(H2,12,13,14,15). The minimum Gasteiger partial charge on any atom is -0.365 e. The molecule has 0 aliphatic rings. The fourth-order valence-corrected chi connectivity index (χ4v) is 1.39. The first-order valence-electron chi connectivity index (χ1n) is 4.38. The van der Waals surface area contributed by atoms with Crippen molar-refractivity contribution in [2.45, 2.75) is 6.42 Å². The molecule has 1 rings (SSSR count). The molecule has 0 spiro atoms. The number of amides is 1. The van der Waals surface area contributed by atoms with Crippen LogP contribution in [-0.4, -0.2) is 18.1 Å². The third-order valence-corrected chi connectivity index (χ3v) is 2.28. The second-order valence-corrected chi connectivity index (χ2v) is 3.78. The van der Waals surface area contributed by atoms with Gasteiger partial charge in [0, 0.05) is 12.1 Å². The molecule has 1 aromatic carbocycles. The third kappa shape index (κ3) is 4.27. The van der Waals surface area contributed by atoms with E-state index in [1.807, 2.05) is 6.07 Å². The molecule has 0 unspecified atom stereocenters. The summed E-state index contributed by atoms with van der Waals surface area (Å²) in [7, 11) is 1.65. The average Bonchev–Trinajstić information content (AvgIpc) is 2.17. The number of carbonyl (C=O) groups is 1. The van der Waals surface area contributed by atoms with E-state index in [-0.39, 0.29) is 12.3 Å². The van der Waals surface area contributed by atoms with Crippen LogP contribution in [0, 0.1) is 0 Å². The number of benzene rings is 1. The van der Waals surface area contributed by atoms with Gasteiger partial charge in [0.1, 0.15) is 0 Å². The summed E-state index contributed by atoms with van der Waals surface area (Å²) in [5.41, 5.74) is 0.860. The summed E-state index contributed by atoms with van der Waals surface area (Å²) in [5, 5.41) is 6.15. The SMILES string of the molecule is CNC(=S)NC(=O)Cc1cccc(Cl)c1. The van der Waals surface area contributed by atoms with E-state index in [2.05, 4.69) is 10.6 Å². The van der Waals surface area contributed by atoms with Gasteiger partial charge in [-0.15, -0.1) is 0 Å². The first-order chi connectivity index (χ1) is 7.11. The minimum atomic E-state index is -0.156. The maximum absolute atomic E-state index is 11.4. The van der Waals surface area contributed by atoms with Crippen LogP contribution in [0.3, 0.4) is 0 Å². The Kier molecular flexibility index (Phi) is 4.52. The van der Waals surface area contributed by atoms with Crippen molar-refractivity contribution in [3.63, 3.8) is 0 Å². The highest BCUT2D eigenvalue weighted by molar-refractivity contribution is 7.80. The van der Waals surface area contributed by atoms with Gasteiger partial charge >= 0.3 is 0 Å². The normalized spacial score (nSPS) is 9.47. The molecule has 1 aromatic rings. The summed E-state index contributed by atoms with van der Waals surface area (Å²) in [6.45, 7) is 0. The van der Waals surface area contributed by atoms with Gasteiger partial charge in [0.2, 0.25) is 5.91 Å². The molecule has 0 fully saturated rings. The zero-order valence-corrected chi connectivity index (χ0v) is 9.78. The number of carbonyl (C=O) groups excluding carboxylic acids is 1. The Morgan fingerprint density at radius 1 is 1.53 bits per heavy atom. The molecular formula is C10H11ClN2OS. The summed E-state index contributed by atoms with van der Waals surface area (Å²) in [5.74, 6) is -0.156. The van der Waals surface area contributed by atoms with E-state index >= 15 is 0 Å². The number of nitrogens with one attached hydrogen (secondary N) is 2. The molecule has 0 aliphatic heterocycles. The van der Waals surface area contributed by atoms with Crippen molar-refractivity contribution >= 4 is 34.8 Å². The Morgan fingerprint density at radius 2 is 2.27 bits per heavy atom. The van der Waals surface area contributed by atoms with Crippen LogP contribution in [0.1, 0.15) is 5.56 Å². The molecule has 0 aromatic heterocycles. The topological polar surface area (TPSA) is 41.1 Å². The van der Waals surface area contributed by atoms with Crippen molar-refractivity contribution in [1.29, 1.82) is 0 Å². The molecule has 3 nitrogen and oxygen atoms in total. The number of thiocarbonyl (C=S) groups is 1. The van der Waals surface area contributed by atoms with Crippen LogP contribution in [0.2, 0.25) is 5.02 Å². The lowest BCUT2D eigenvalue weighted by atomic mass is 10.1. The summed E-state index contributed by atoms with van der Waals surface area (Å²) < 4.78 is 0. The Hall–Kier alpha value is -1.13. The Bertz CT molecular complexity index is 381. The van der Waals surface area contributed by atoms with Crippen molar-refractivity contribution in [1.82, 2.24) is 10.6 Å². The Balaban J connectivity index is 2.55. The predicted octanol–water partition coefficient (Wildman–Crippen LogP) is 1.50. The number of halogens is 1. The Labute approximate surface area is 98.8 Å². The van der Waals surface area contributed by atoms with Crippen LogP contribution >= 0.6 is 23.8 Å². The third-order valence-electron chi connectivity index (χ3n) is 1.73. The van der Waals surface area contributed by atoms with Crippen LogP contribution < -0.4 is 10.6 Å². The lowest BCUT2D eigenvalue weighted by Gasteiger charge is -2.05. The van der Waals surface area contributed by atoms with Crippen LogP contribution in [0.4, 0.5) is 0 Å². The molecule has 0 heterocycles. The molecule has 0 bridgehead atoms. The lowest BCUT2D eigenvalue weighted by Crippen LogP contribution is -2.37. The lowest BCUT2D eigenvalue weighted by molar-refractivity contribution is -0.119. The second kappa shape index (κ2) is 5.68. The highest BCUT2D eigenvalue weighted by atomic mass is 35.5. The number of hydrogen-bond acceptors (Lipinski definition) is 2. The fourth-order valence-electron chi connectivity index (χ4n) is 1.07. The molecular weight excluding hydrogens is 232 g/mol. The first-order valence-corrected chi connectivity index (χ1v) is 5.16. The maximum Gasteiger partial charge on any atom is 0.230 e. The van der Waals surface area contributed by atoms with Crippen molar-refractivity contribution in [3.05, 3.63) is 34.9 Å². The van der Waals surface area contributed by atoms with Crippen molar-refractivity contribution in [3.8, 4) is 0 Å². The minimum absolute atomic E-state index is 0.156. The predicted molar refractivity (Wildman–Crippen MR) is 65.0 cm³/mol. The molecule has 0 saturated carbocycles. The van der Waals surface area contributed by atoms with E-state index in [1.165, 1.54) is 0 Å². The molecule has 15 heavy (non-hydrogen) atoms. The van der Waals surface area contributed by atoms with E-state index < -0.39 is 0 Å². The number of hydrogen-bond donors (Lipinski definition) is 2. The quantitative estimate of drug-likeness (QED) is 0.773. The van der Waals surface area contributed by atoms with E-state index in [1.54, 1.807) is 25.2 Å². The van der Waals surface area contributed by atoms with Crippen molar-refractivity contribution in [2.24, 2.45) is 0 Å². The first kappa shape index (κ1) is 11.9. The van der Waals surface area contributed by atoms with Crippen molar-refractivity contribution < 1.29 is 4.79 Å². The van der Waals surface area contributed by atoms with Gasteiger partial charge in [0.25, 0.3) is 0 Å². The molecule has 0 atom stereocenters. The van der Waals surface area contributed by atoms with Gasteiger partial charge in [-0.25, -0.2) is 0 Å². The molecule has 0 radical (unpaired) electrons. The van der Waals surface area contributed by atoms with E-state index in [4.69, 9.17) is 23.8 Å². The van der Waals surface area contributed by atoms with E-state index in [0.29, 0.717) is 10.1 Å². The van der Waals surface area contributed by atoms with Crippen LogP contribution in [0.5, 0.6) is 0 Å². The Morgan fingerprint density at radius 3 is 2.87 bits per heavy atom. The van der Waals surface area contributed by atoms with Crippen LogP contribution in [-0.2, 0) is 11.2 Å². The fraction of sp³-hybridized carbons (Fsp3) is 0.200. The molecule has 0 aliphatic carbocycles. The highest BCUT2D eigenvalue weighted by Crippen LogP contribution is 2.10. The van der Waals surface area contributed by atoms with Gasteiger partial charge < -0.3 is 10.6 Å². The van der Waals surface area contributed by atoms with Gasteiger partial charge in [-0.1, -0.05) is 23.7 Å². The van der Waals surface area contributed by atoms with E-state index in [0.717, 1.165) is 5.56 Å². The molecule has 80 valence electrons. The largest absolute Gasteiger partial charge is 0.365 e. The summed E-state index contributed by atoms with van der Waals surface area (Å²) in [4.78, 5) is 11.4. The van der Waals surface area contributed by atoms with Crippen molar-refractivity contribution in [2.75, 3.05) is 7.05 Å². The molecule has 2 N–H and O–H groups in total.